The molecule has 0 bridgehead atoms. The highest BCUT2D eigenvalue weighted by molar-refractivity contribution is 5.13. The summed E-state index contributed by atoms with van der Waals surface area (Å²) in [6.07, 6.45) is 1.11. The summed E-state index contributed by atoms with van der Waals surface area (Å²) in [6.45, 7) is 5.01. The Morgan fingerprint density at radius 3 is 2.68 bits per heavy atom. The summed E-state index contributed by atoms with van der Waals surface area (Å²) in [5, 5.41) is 20.6. The first-order valence-electron chi connectivity index (χ1n) is 9.27. The second-order valence-electron chi connectivity index (χ2n) is 7.72. The van der Waals surface area contributed by atoms with Gasteiger partial charge in [-0.1, -0.05) is 30.3 Å². The number of ether oxygens (including phenoxy) is 3. The Morgan fingerprint density at radius 2 is 1.92 bits per heavy atom. The number of benzene rings is 1. The second-order valence-corrected chi connectivity index (χ2v) is 7.72. The Bertz CT molecular complexity index is 532. The second kappa shape index (κ2) is 8.14. The van der Waals surface area contributed by atoms with Gasteiger partial charge in [0.2, 0.25) is 0 Å². The molecule has 5 atom stereocenters. The normalized spacial score (nSPS) is 34.5. The van der Waals surface area contributed by atoms with Crippen LogP contribution in [-0.4, -0.2) is 52.9 Å². The topological polar surface area (TPSA) is 68.2 Å². The van der Waals surface area contributed by atoms with Crippen LogP contribution in [0.5, 0.6) is 0 Å². The first kappa shape index (κ1) is 18.8. The number of fused-ring (bicyclic) bond motifs is 1. The number of rotatable bonds is 6. The molecule has 5 heteroatoms. The third kappa shape index (κ3) is 4.80. The van der Waals surface area contributed by atoms with E-state index in [1.54, 1.807) is 0 Å². The minimum atomic E-state index is -0.635. The summed E-state index contributed by atoms with van der Waals surface area (Å²) in [4.78, 5) is 0. The minimum Gasteiger partial charge on any atom is -0.390 e. The van der Waals surface area contributed by atoms with Crippen molar-refractivity contribution in [2.24, 2.45) is 0 Å². The van der Waals surface area contributed by atoms with Gasteiger partial charge in [-0.15, -0.1) is 0 Å². The van der Waals surface area contributed by atoms with Crippen molar-refractivity contribution in [3.63, 3.8) is 0 Å². The Hall–Kier alpha value is -0.980. The van der Waals surface area contributed by atoms with E-state index in [2.05, 4.69) is 12.1 Å². The Balaban J connectivity index is 1.40. The van der Waals surface area contributed by atoms with E-state index >= 15 is 0 Å². The van der Waals surface area contributed by atoms with Crippen molar-refractivity contribution >= 4 is 0 Å². The van der Waals surface area contributed by atoms with Crippen LogP contribution in [0.4, 0.5) is 0 Å². The van der Waals surface area contributed by atoms with E-state index in [9.17, 15) is 10.2 Å². The zero-order valence-electron chi connectivity index (χ0n) is 15.1. The number of hydrogen-bond donors (Lipinski definition) is 2. The van der Waals surface area contributed by atoms with E-state index in [0.29, 0.717) is 26.1 Å². The van der Waals surface area contributed by atoms with E-state index in [1.807, 2.05) is 32.0 Å². The molecule has 0 amide bonds. The Morgan fingerprint density at radius 1 is 1.16 bits per heavy atom. The van der Waals surface area contributed by atoms with Crippen LogP contribution in [0.2, 0.25) is 0 Å². The summed E-state index contributed by atoms with van der Waals surface area (Å²) in [5.74, 6) is 0. The summed E-state index contributed by atoms with van der Waals surface area (Å²) in [5.41, 5.74) is 0.537. The largest absolute Gasteiger partial charge is 0.390 e. The molecule has 25 heavy (non-hydrogen) atoms. The van der Waals surface area contributed by atoms with Crippen LogP contribution in [0.15, 0.2) is 30.3 Å². The van der Waals surface area contributed by atoms with E-state index in [1.165, 1.54) is 5.56 Å². The van der Waals surface area contributed by atoms with Gasteiger partial charge in [-0.2, -0.15) is 0 Å². The zero-order valence-corrected chi connectivity index (χ0v) is 15.1. The Kier molecular flexibility index (Phi) is 6.12. The van der Waals surface area contributed by atoms with Gasteiger partial charge in [0, 0.05) is 19.4 Å². The maximum absolute atomic E-state index is 10.4. The average Bonchev–Trinajstić information content (AvgIpc) is 2.57. The number of hydrogen-bond acceptors (Lipinski definition) is 5. The van der Waals surface area contributed by atoms with Gasteiger partial charge in [0.25, 0.3) is 0 Å². The third-order valence-electron chi connectivity index (χ3n) is 5.24. The molecule has 2 saturated heterocycles. The summed E-state index contributed by atoms with van der Waals surface area (Å²) in [7, 11) is 0. The molecular formula is C20H30O5. The lowest BCUT2D eigenvalue weighted by Gasteiger charge is -2.49. The maximum atomic E-state index is 10.4. The molecule has 5 nitrogen and oxygen atoms in total. The SMILES string of the molecule is CC1(C)O[C@H]2[C@@H](O)C[C@@H](CCCOCc3ccccc3)O[C@@H]2C[C@@H]1O. The molecule has 0 unspecified atom stereocenters. The molecule has 1 aromatic carbocycles. The Labute approximate surface area is 149 Å². The van der Waals surface area contributed by atoms with Crippen LogP contribution in [0.3, 0.4) is 0 Å². The molecule has 2 aliphatic heterocycles. The highest BCUT2D eigenvalue weighted by Crippen LogP contribution is 2.37. The monoisotopic (exact) mass is 350 g/mol. The fourth-order valence-electron chi connectivity index (χ4n) is 3.67. The molecule has 0 radical (unpaired) electrons. The van der Waals surface area contributed by atoms with Gasteiger partial charge in [0.15, 0.2) is 0 Å². The van der Waals surface area contributed by atoms with E-state index in [0.717, 1.165) is 12.8 Å². The van der Waals surface area contributed by atoms with E-state index < -0.39 is 17.8 Å². The van der Waals surface area contributed by atoms with Crippen molar-refractivity contribution in [3.05, 3.63) is 35.9 Å². The fourth-order valence-corrected chi connectivity index (χ4v) is 3.67. The van der Waals surface area contributed by atoms with E-state index in [-0.39, 0.29) is 18.3 Å². The molecule has 3 rings (SSSR count). The molecule has 2 aliphatic rings. The van der Waals surface area contributed by atoms with Gasteiger partial charge in [0.1, 0.15) is 6.10 Å². The summed E-state index contributed by atoms with van der Waals surface area (Å²) >= 11 is 0. The fraction of sp³-hybridized carbons (Fsp3) is 0.700. The van der Waals surface area contributed by atoms with Crippen molar-refractivity contribution in [3.8, 4) is 0 Å². The smallest absolute Gasteiger partial charge is 0.110 e. The highest BCUT2D eigenvalue weighted by atomic mass is 16.6. The average molecular weight is 350 g/mol. The molecular weight excluding hydrogens is 320 g/mol. The van der Waals surface area contributed by atoms with Crippen LogP contribution >= 0.6 is 0 Å². The standard InChI is InChI=1S/C20H30O5/c1-20(2)18(22)12-17-19(25-20)16(21)11-15(24-17)9-6-10-23-13-14-7-4-3-5-8-14/h3-5,7-8,15-19,21-22H,6,9-13H2,1-2H3/t15-,16+,17-,18+,19+/m1/s1. The minimum absolute atomic E-state index is 0.00594. The quantitative estimate of drug-likeness (QED) is 0.771. The lowest BCUT2D eigenvalue weighted by atomic mass is 9.84. The van der Waals surface area contributed by atoms with Gasteiger partial charge < -0.3 is 24.4 Å². The molecule has 1 aromatic rings. The van der Waals surface area contributed by atoms with Crippen LogP contribution in [0, 0.1) is 0 Å². The van der Waals surface area contributed by atoms with Gasteiger partial charge in [-0.05, 0) is 32.3 Å². The van der Waals surface area contributed by atoms with Gasteiger partial charge in [-0.25, -0.2) is 0 Å². The van der Waals surface area contributed by atoms with Crippen LogP contribution in [0.1, 0.15) is 45.1 Å². The number of aliphatic hydroxyl groups is 2. The maximum Gasteiger partial charge on any atom is 0.110 e. The molecule has 0 spiro atoms. The van der Waals surface area contributed by atoms with Crippen molar-refractivity contribution in [2.45, 2.75) is 82.3 Å². The van der Waals surface area contributed by atoms with Crippen LogP contribution < -0.4 is 0 Å². The van der Waals surface area contributed by atoms with Gasteiger partial charge in [-0.3, -0.25) is 0 Å². The zero-order chi connectivity index (χ0) is 17.9. The first-order valence-corrected chi connectivity index (χ1v) is 9.27. The lowest BCUT2D eigenvalue weighted by Crippen LogP contribution is -2.60. The van der Waals surface area contributed by atoms with E-state index in [4.69, 9.17) is 14.2 Å². The summed E-state index contributed by atoms with van der Waals surface area (Å²) < 4.78 is 17.7. The molecule has 2 N–H and O–H groups in total. The van der Waals surface area contributed by atoms with Crippen LogP contribution in [-0.2, 0) is 20.8 Å². The van der Waals surface area contributed by atoms with Crippen molar-refractivity contribution < 1.29 is 24.4 Å². The number of aliphatic hydroxyl groups excluding tert-OH is 2. The van der Waals surface area contributed by atoms with Crippen molar-refractivity contribution in [1.29, 1.82) is 0 Å². The predicted octanol–water partition coefficient (Wildman–Crippen LogP) is 2.43. The van der Waals surface area contributed by atoms with Crippen LogP contribution in [0.25, 0.3) is 0 Å². The molecule has 2 fully saturated rings. The third-order valence-corrected chi connectivity index (χ3v) is 5.24. The molecule has 0 aromatic heterocycles. The summed E-state index contributed by atoms with van der Waals surface area (Å²) in [6, 6.07) is 10.1. The highest BCUT2D eigenvalue weighted by Gasteiger charge is 2.48. The first-order chi connectivity index (χ1) is 12.0. The van der Waals surface area contributed by atoms with Crippen molar-refractivity contribution in [2.75, 3.05) is 6.61 Å². The van der Waals surface area contributed by atoms with Gasteiger partial charge >= 0.3 is 0 Å². The molecule has 0 aliphatic carbocycles. The lowest BCUT2D eigenvalue weighted by molar-refractivity contribution is -0.277. The predicted molar refractivity (Wildman–Crippen MR) is 94.2 cm³/mol. The van der Waals surface area contributed by atoms with Crippen molar-refractivity contribution in [1.82, 2.24) is 0 Å². The molecule has 0 saturated carbocycles. The van der Waals surface area contributed by atoms with Gasteiger partial charge in [0.05, 0.1) is 36.6 Å². The molecule has 2 heterocycles. The molecule has 140 valence electrons.